The summed E-state index contributed by atoms with van der Waals surface area (Å²) in [4.78, 5) is 2.31. The van der Waals surface area contributed by atoms with Crippen LogP contribution < -0.4 is 4.74 Å². The second-order valence-electron chi connectivity index (χ2n) is 7.13. The highest BCUT2D eigenvalue weighted by Gasteiger charge is 2.40. The first-order valence-electron chi connectivity index (χ1n) is 8.07. The summed E-state index contributed by atoms with van der Waals surface area (Å²) in [6, 6.07) is 7.74. The van der Waals surface area contributed by atoms with E-state index in [1.54, 1.807) is 7.11 Å². The molecule has 1 aliphatic rings. The van der Waals surface area contributed by atoms with Crippen molar-refractivity contribution in [2.45, 2.75) is 57.3 Å². The summed E-state index contributed by atoms with van der Waals surface area (Å²) < 4.78 is 5.18. The van der Waals surface area contributed by atoms with Gasteiger partial charge in [-0.3, -0.25) is 4.90 Å². The smallest absolute Gasteiger partial charge is 0.118 e. The molecule has 4 heteroatoms. The molecule has 0 amide bonds. The molecule has 0 aromatic heterocycles. The van der Waals surface area contributed by atoms with Crippen LogP contribution in [0.3, 0.4) is 0 Å². The molecule has 2 rings (SSSR count). The number of likely N-dealkylation sites (tertiary alicyclic amines) is 1. The molecule has 0 bridgehead atoms. The molecule has 1 aromatic rings. The highest BCUT2D eigenvalue weighted by Crippen LogP contribution is 2.35. The standard InChI is InChI=1S/C18H29NO3/c1-17(2,20)11-13-19-12-5-6-16(19)18(3,21)14-7-9-15(22-4)10-8-14/h7-10,16,20-21H,5-6,11-13H2,1-4H3/t16-,18-/m1/s1. The van der Waals surface area contributed by atoms with Crippen molar-refractivity contribution in [3.63, 3.8) is 0 Å². The van der Waals surface area contributed by atoms with Crippen LogP contribution in [0.5, 0.6) is 5.75 Å². The summed E-state index contributed by atoms with van der Waals surface area (Å²) in [5.74, 6) is 0.796. The van der Waals surface area contributed by atoms with Crippen molar-refractivity contribution in [1.82, 2.24) is 4.90 Å². The zero-order valence-electron chi connectivity index (χ0n) is 14.2. The SMILES string of the molecule is COc1ccc([C@@](C)(O)[C@H]2CCCN2CCC(C)(C)O)cc1. The van der Waals surface area contributed by atoms with Crippen LogP contribution in [0.15, 0.2) is 24.3 Å². The lowest BCUT2D eigenvalue weighted by atomic mass is 9.86. The first-order chi connectivity index (χ1) is 10.2. The van der Waals surface area contributed by atoms with Crippen LogP contribution in [0.25, 0.3) is 0 Å². The summed E-state index contributed by atoms with van der Waals surface area (Å²) in [5.41, 5.74) is -0.657. The molecule has 124 valence electrons. The van der Waals surface area contributed by atoms with Gasteiger partial charge >= 0.3 is 0 Å². The first-order valence-corrected chi connectivity index (χ1v) is 8.07. The van der Waals surface area contributed by atoms with Crippen LogP contribution >= 0.6 is 0 Å². The minimum absolute atomic E-state index is 0.0863. The molecule has 2 N–H and O–H groups in total. The molecule has 0 unspecified atom stereocenters. The van der Waals surface area contributed by atoms with E-state index in [1.807, 2.05) is 45.0 Å². The Morgan fingerprint density at radius 1 is 1.18 bits per heavy atom. The fourth-order valence-corrected chi connectivity index (χ4v) is 3.27. The van der Waals surface area contributed by atoms with Crippen molar-refractivity contribution < 1.29 is 14.9 Å². The van der Waals surface area contributed by atoms with E-state index in [1.165, 1.54) is 0 Å². The van der Waals surface area contributed by atoms with Gasteiger partial charge in [-0.05, 0) is 64.3 Å². The number of nitrogens with zero attached hydrogens (tertiary/aromatic N) is 1. The van der Waals surface area contributed by atoms with Gasteiger partial charge in [0.05, 0.1) is 12.7 Å². The zero-order chi connectivity index (χ0) is 16.4. The van der Waals surface area contributed by atoms with Crippen molar-refractivity contribution in [2.24, 2.45) is 0 Å². The molecule has 1 heterocycles. The predicted octanol–water partition coefficient (Wildman–Crippen LogP) is 2.53. The topological polar surface area (TPSA) is 52.9 Å². The second kappa shape index (κ2) is 6.57. The van der Waals surface area contributed by atoms with Crippen molar-refractivity contribution in [2.75, 3.05) is 20.2 Å². The normalized spacial score (nSPS) is 22.5. The maximum absolute atomic E-state index is 11.1. The molecule has 0 spiro atoms. The minimum Gasteiger partial charge on any atom is -0.497 e. The summed E-state index contributed by atoms with van der Waals surface area (Å²) >= 11 is 0. The van der Waals surface area contributed by atoms with Crippen molar-refractivity contribution >= 4 is 0 Å². The van der Waals surface area contributed by atoms with E-state index in [-0.39, 0.29) is 6.04 Å². The lowest BCUT2D eigenvalue weighted by Crippen LogP contribution is -2.46. The summed E-state index contributed by atoms with van der Waals surface area (Å²) in [6.45, 7) is 7.34. The van der Waals surface area contributed by atoms with Crippen LogP contribution in [0.1, 0.15) is 45.6 Å². The maximum atomic E-state index is 11.1. The highest BCUT2D eigenvalue weighted by atomic mass is 16.5. The Bertz CT molecular complexity index is 476. The molecule has 0 aliphatic carbocycles. The lowest BCUT2D eigenvalue weighted by Gasteiger charge is -2.38. The highest BCUT2D eigenvalue weighted by molar-refractivity contribution is 5.31. The third kappa shape index (κ3) is 4.00. The van der Waals surface area contributed by atoms with Crippen LogP contribution in [0, 0.1) is 0 Å². The third-order valence-corrected chi connectivity index (χ3v) is 4.70. The van der Waals surface area contributed by atoms with Crippen LogP contribution in [-0.4, -0.2) is 47.0 Å². The van der Waals surface area contributed by atoms with Gasteiger partial charge in [0.2, 0.25) is 0 Å². The van der Waals surface area contributed by atoms with Crippen LogP contribution in [0.4, 0.5) is 0 Å². The number of aliphatic hydroxyl groups is 2. The Kier molecular flexibility index (Phi) is 5.15. The van der Waals surface area contributed by atoms with Crippen molar-refractivity contribution in [3.8, 4) is 5.75 Å². The second-order valence-corrected chi connectivity index (χ2v) is 7.13. The Morgan fingerprint density at radius 2 is 1.82 bits per heavy atom. The number of benzene rings is 1. The molecule has 1 fully saturated rings. The Morgan fingerprint density at radius 3 is 2.36 bits per heavy atom. The molecule has 1 saturated heterocycles. The molecule has 4 nitrogen and oxygen atoms in total. The molecule has 0 radical (unpaired) electrons. The van der Waals surface area contributed by atoms with Gasteiger partial charge in [-0.2, -0.15) is 0 Å². The molecule has 22 heavy (non-hydrogen) atoms. The molecule has 1 aliphatic heterocycles. The van der Waals surface area contributed by atoms with Gasteiger partial charge in [-0.25, -0.2) is 0 Å². The Hall–Kier alpha value is -1.10. The van der Waals surface area contributed by atoms with Crippen LogP contribution in [0.2, 0.25) is 0 Å². The summed E-state index contributed by atoms with van der Waals surface area (Å²) in [7, 11) is 1.64. The minimum atomic E-state index is -0.900. The fraction of sp³-hybridized carbons (Fsp3) is 0.667. The Labute approximate surface area is 133 Å². The van der Waals surface area contributed by atoms with Gasteiger partial charge in [0.25, 0.3) is 0 Å². The zero-order valence-corrected chi connectivity index (χ0v) is 14.2. The fourth-order valence-electron chi connectivity index (χ4n) is 3.27. The largest absolute Gasteiger partial charge is 0.497 e. The number of methoxy groups -OCH3 is 1. The lowest BCUT2D eigenvalue weighted by molar-refractivity contribution is -0.0308. The van der Waals surface area contributed by atoms with Crippen molar-refractivity contribution in [1.29, 1.82) is 0 Å². The third-order valence-electron chi connectivity index (χ3n) is 4.70. The molecular formula is C18H29NO3. The van der Waals surface area contributed by atoms with Gasteiger partial charge in [0.15, 0.2) is 0 Å². The molecule has 0 saturated carbocycles. The van der Waals surface area contributed by atoms with E-state index >= 15 is 0 Å². The number of rotatable bonds is 6. The average Bonchev–Trinajstić information content (AvgIpc) is 2.94. The van der Waals surface area contributed by atoms with Gasteiger partial charge in [0.1, 0.15) is 11.4 Å². The quantitative estimate of drug-likeness (QED) is 0.848. The van der Waals surface area contributed by atoms with Gasteiger partial charge in [-0.15, -0.1) is 0 Å². The number of ether oxygens (including phenoxy) is 1. The first kappa shape index (κ1) is 17.3. The van der Waals surface area contributed by atoms with E-state index in [0.717, 1.165) is 37.2 Å². The monoisotopic (exact) mass is 307 g/mol. The van der Waals surface area contributed by atoms with E-state index in [2.05, 4.69) is 4.90 Å². The van der Waals surface area contributed by atoms with Gasteiger partial charge in [0, 0.05) is 12.6 Å². The molecule has 2 atom stereocenters. The van der Waals surface area contributed by atoms with E-state index in [9.17, 15) is 10.2 Å². The average molecular weight is 307 g/mol. The summed E-state index contributed by atoms with van der Waals surface area (Å²) in [5, 5.41) is 21.0. The van der Waals surface area contributed by atoms with E-state index in [0.29, 0.717) is 6.42 Å². The number of hydrogen-bond acceptors (Lipinski definition) is 4. The maximum Gasteiger partial charge on any atom is 0.118 e. The van der Waals surface area contributed by atoms with Crippen molar-refractivity contribution in [3.05, 3.63) is 29.8 Å². The van der Waals surface area contributed by atoms with Gasteiger partial charge < -0.3 is 14.9 Å². The van der Waals surface area contributed by atoms with E-state index in [4.69, 9.17) is 4.74 Å². The van der Waals surface area contributed by atoms with E-state index < -0.39 is 11.2 Å². The molecule has 1 aromatic carbocycles. The van der Waals surface area contributed by atoms with Gasteiger partial charge in [-0.1, -0.05) is 12.1 Å². The number of hydrogen-bond donors (Lipinski definition) is 2. The summed E-state index contributed by atoms with van der Waals surface area (Å²) in [6.07, 6.45) is 2.77. The Balaban J connectivity index is 2.12. The molecular weight excluding hydrogens is 278 g/mol. The predicted molar refractivity (Wildman–Crippen MR) is 88.1 cm³/mol. The van der Waals surface area contributed by atoms with Crippen LogP contribution in [-0.2, 0) is 5.60 Å².